The van der Waals surface area contributed by atoms with E-state index in [9.17, 15) is 0 Å². The molecule has 0 radical (unpaired) electrons. The van der Waals surface area contributed by atoms with Crippen molar-refractivity contribution in [3.63, 3.8) is 0 Å². The molecule has 14 heavy (non-hydrogen) atoms. The molecule has 1 atom stereocenters. The van der Waals surface area contributed by atoms with Crippen molar-refractivity contribution < 1.29 is 0 Å². The van der Waals surface area contributed by atoms with Gasteiger partial charge >= 0.3 is 0 Å². The molecule has 0 nitrogen and oxygen atoms in total. The summed E-state index contributed by atoms with van der Waals surface area (Å²) in [5, 5.41) is 0. The molecule has 0 bridgehead atoms. The molecule has 1 unspecified atom stereocenters. The lowest BCUT2D eigenvalue weighted by atomic mass is 10.0. The van der Waals surface area contributed by atoms with Crippen molar-refractivity contribution >= 4 is 15.9 Å². The quantitative estimate of drug-likeness (QED) is 0.680. The average Bonchev–Trinajstić information content (AvgIpc) is 2.17. The van der Waals surface area contributed by atoms with Crippen LogP contribution in [0.5, 0.6) is 0 Å². The number of rotatable bonds is 5. The Labute approximate surface area is 95.9 Å². The third kappa shape index (κ3) is 4.28. The Morgan fingerprint density at radius 2 is 2.14 bits per heavy atom. The van der Waals surface area contributed by atoms with Crippen LogP contribution >= 0.6 is 15.9 Å². The SMILES string of the molecule is CCC(Br)CCCc1cccc(C)c1. The van der Waals surface area contributed by atoms with Gasteiger partial charge in [0.1, 0.15) is 0 Å². The summed E-state index contributed by atoms with van der Waals surface area (Å²) in [5.41, 5.74) is 2.84. The number of alkyl halides is 1. The number of benzene rings is 1. The van der Waals surface area contributed by atoms with E-state index in [2.05, 4.69) is 54.0 Å². The Morgan fingerprint density at radius 1 is 1.36 bits per heavy atom. The van der Waals surface area contributed by atoms with E-state index < -0.39 is 0 Å². The first-order chi connectivity index (χ1) is 6.72. The zero-order chi connectivity index (χ0) is 10.4. The molecule has 1 heteroatoms. The summed E-state index contributed by atoms with van der Waals surface area (Å²) in [7, 11) is 0. The molecule has 0 heterocycles. The van der Waals surface area contributed by atoms with Crippen molar-refractivity contribution in [2.24, 2.45) is 0 Å². The molecule has 0 N–H and O–H groups in total. The molecule has 0 aliphatic heterocycles. The Balaban J connectivity index is 2.31. The Hall–Kier alpha value is -0.300. The fourth-order valence-corrected chi connectivity index (χ4v) is 1.92. The van der Waals surface area contributed by atoms with Gasteiger partial charge in [0, 0.05) is 4.83 Å². The molecule has 0 spiro atoms. The van der Waals surface area contributed by atoms with Crippen LogP contribution in [0.3, 0.4) is 0 Å². The van der Waals surface area contributed by atoms with Crippen LogP contribution in [0, 0.1) is 6.92 Å². The maximum absolute atomic E-state index is 3.66. The predicted molar refractivity (Wildman–Crippen MR) is 67.1 cm³/mol. The van der Waals surface area contributed by atoms with Gasteiger partial charge in [0.15, 0.2) is 0 Å². The summed E-state index contributed by atoms with van der Waals surface area (Å²) < 4.78 is 0. The van der Waals surface area contributed by atoms with Crippen molar-refractivity contribution in [3.05, 3.63) is 35.4 Å². The van der Waals surface area contributed by atoms with E-state index in [-0.39, 0.29) is 0 Å². The van der Waals surface area contributed by atoms with Gasteiger partial charge in [0.25, 0.3) is 0 Å². The van der Waals surface area contributed by atoms with Crippen LogP contribution in [0.4, 0.5) is 0 Å². The Kier molecular flexibility index (Phi) is 5.24. The van der Waals surface area contributed by atoms with E-state index in [0.717, 1.165) is 0 Å². The van der Waals surface area contributed by atoms with Gasteiger partial charge in [-0.2, -0.15) is 0 Å². The third-order valence-electron chi connectivity index (χ3n) is 2.51. The van der Waals surface area contributed by atoms with Crippen LogP contribution in [0.2, 0.25) is 0 Å². The molecule has 0 saturated carbocycles. The zero-order valence-electron chi connectivity index (χ0n) is 9.09. The normalized spacial score (nSPS) is 12.8. The molecule has 0 saturated heterocycles. The maximum Gasteiger partial charge on any atom is 0.0143 e. The van der Waals surface area contributed by atoms with Crippen molar-refractivity contribution in [3.8, 4) is 0 Å². The molecule has 0 aromatic heterocycles. The third-order valence-corrected chi connectivity index (χ3v) is 3.61. The molecule has 0 aliphatic carbocycles. The molecule has 0 aliphatic rings. The van der Waals surface area contributed by atoms with E-state index in [1.165, 1.54) is 36.8 Å². The van der Waals surface area contributed by atoms with Crippen LogP contribution in [0.25, 0.3) is 0 Å². The van der Waals surface area contributed by atoms with Crippen LogP contribution in [-0.4, -0.2) is 4.83 Å². The van der Waals surface area contributed by atoms with E-state index in [1.807, 2.05) is 0 Å². The first-order valence-corrected chi connectivity index (χ1v) is 6.33. The van der Waals surface area contributed by atoms with Crippen LogP contribution in [-0.2, 0) is 6.42 Å². The van der Waals surface area contributed by atoms with Gasteiger partial charge < -0.3 is 0 Å². The highest BCUT2D eigenvalue weighted by molar-refractivity contribution is 9.09. The van der Waals surface area contributed by atoms with Crippen molar-refractivity contribution in [1.82, 2.24) is 0 Å². The number of hydrogen-bond acceptors (Lipinski definition) is 0. The molecular formula is C13H19Br. The second-order valence-corrected chi connectivity index (χ2v) is 5.18. The lowest BCUT2D eigenvalue weighted by molar-refractivity contribution is 0.689. The largest absolute Gasteiger partial charge is 0.0891 e. The fraction of sp³-hybridized carbons (Fsp3) is 0.538. The summed E-state index contributed by atoms with van der Waals surface area (Å²) in [4.78, 5) is 0.701. The minimum Gasteiger partial charge on any atom is -0.0891 e. The first-order valence-electron chi connectivity index (χ1n) is 5.42. The summed E-state index contributed by atoms with van der Waals surface area (Å²) in [6, 6.07) is 8.82. The summed E-state index contributed by atoms with van der Waals surface area (Å²) in [5.74, 6) is 0. The fourth-order valence-electron chi connectivity index (χ4n) is 1.60. The van der Waals surface area contributed by atoms with Gasteiger partial charge in [-0.1, -0.05) is 52.7 Å². The molecule has 78 valence electrons. The number of aryl methyl sites for hydroxylation is 2. The maximum atomic E-state index is 3.66. The molecule has 0 amide bonds. The van der Waals surface area contributed by atoms with Crippen LogP contribution in [0.1, 0.15) is 37.3 Å². The van der Waals surface area contributed by atoms with E-state index in [4.69, 9.17) is 0 Å². The molecule has 1 aromatic carbocycles. The van der Waals surface area contributed by atoms with Gasteiger partial charge in [0.2, 0.25) is 0 Å². The lowest BCUT2D eigenvalue weighted by Gasteiger charge is -2.06. The van der Waals surface area contributed by atoms with Crippen LogP contribution < -0.4 is 0 Å². The van der Waals surface area contributed by atoms with E-state index >= 15 is 0 Å². The van der Waals surface area contributed by atoms with Gasteiger partial charge in [0.05, 0.1) is 0 Å². The molecular weight excluding hydrogens is 236 g/mol. The highest BCUT2D eigenvalue weighted by Gasteiger charge is 2.00. The number of hydrogen-bond donors (Lipinski definition) is 0. The molecule has 1 rings (SSSR count). The summed E-state index contributed by atoms with van der Waals surface area (Å²) in [6.07, 6.45) is 5.01. The topological polar surface area (TPSA) is 0 Å². The minimum atomic E-state index is 0.701. The van der Waals surface area contributed by atoms with Gasteiger partial charge in [-0.15, -0.1) is 0 Å². The smallest absolute Gasteiger partial charge is 0.0143 e. The van der Waals surface area contributed by atoms with Crippen molar-refractivity contribution in [2.45, 2.75) is 44.4 Å². The van der Waals surface area contributed by atoms with Gasteiger partial charge in [-0.25, -0.2) is 0 Å². The van der Waals surface area contributed by atoms with Crippen molar-refractivity contribution in [2.75, 3.05) is 0 Å². The standard InChI is InChI=1S/C13H19Br/c1-3-13(14)9-5-8-12-7-4-6-11(2)10-12/h4,6-7,10,13H,3,5,8-9H2,1-2H3. The molecule has 1 aromatic rings. The Bertz CT molecular complexity index is 268. The van der Waals surface area contributed by atoms with Gasteiger partial charge in [-0.3, -0.25) is 0 Å². The zero-order valence-corrected chi connectivity index (χ0v) is 10.7. The van der Waals surface area contributed by atoms with Crippen molar-refractivity contribution in [1.29, 1.82) is 0 Å². The monoisotopic (exact) mass is 254 g/mol. The summed E-state index contributed by atoms with van der Waals surface area (Å²) in [6.45, 7) is 4.38. The summed E-state index contributed by atoms with van der Waals surface area (Å²) >= 11 is 3.66. The Morgan fingerprint density at radius 3 is 2.79 bits per heavy atom. The second-order valence-electron chi connectivity index (χ2n) is 3.89. The predicted octanol–water partition coefficient (Wildman–Crippen LogP) is 4.49. The van der Waals surface area contributed by atoms with Crippen LogP contribution in [0.15, 0.2) is 24.3 Å². The highest BCUT2D eigenvalue weighted by atomic mass is 79.9. The minimum absolute atomic E-state index is 0.701. The van der Waals surface area contributed by atoms with E-state index in [0.29, 0.717) is 4.83 Å². The molecule has 0 fully saturated rings. The lowest BCUT2D eigenvalue weighted by Crippen LogP contribution is -1.96. The number of halogens is 1. The first kappa shape index (κ1) is 11.8. The average molecular weight is 255 g/mol. The highest BCUT2D eigenvalue weighted by Crippen LogP contribution is 2.14. The second kappa shape index (κ2) is 6.23. The van der Waals surface area contributed by atoms with Gasteiger partial charge in [-0.05, 0) is 38.2 Å². The van der Waals surface area contributed by atoms with E-state index in [1.54, 1.807) is 0 Å².